The van der Waals surface area contributed by atoms with Gasteiger partial charge in [-0.3, -0.25) is 9.59 Å². The summed E-state index contributed by atoms with van der Waals surface area (Å²) in [5, 5.41) is 12.6. The molecule has 3 aromatic rings. The number of carbonyl (C=O) groups is 3. The summed E-state index contributed by atoms with van der Waals surface area (Å²) in [7, 11) is 3.79. The van der Waals surface area contributed by atoms with Gasteiger partial charge in [-0.2, -0.15) is 0 Å². The first-order valence-corrected chi connectivity index (χ1v) is 8.33. The Kier molecular flexibility index (Phi) is 3.70. The number of aromatic carboxylic acids is 1. The monoisotopic (exact) mass is 359 g/mol. The second-order valence-electron chi connectivity index (χ2n) is 6.54. The van der Waals surface area contributed by atoms with Crippen molar-refractivity contribution in [3.63, 3.8) is 0 Å². The van der Waals surface area contributed by atoms with Gasteiger partial charge in [-0.15, -0.1) is 0 Å². The maximum atomic E-state index is 13.1. The van der Waals surface area contributed by atoms with Crippen LogP contribution >= 0.6 is 0 Å². The second-order valence-corrected chi connectivity index (χ2v) is 6.54. The minimum Gasteiger partial charge on any atom is -0.545 e. The second kappa shape index (κ2) is 5.95. The molecule has 0 saturated heterocycles. The summed E-state index contributed by atoms with van der Waals surface area (Å²) in [4.78, 5) is 40.3. The van der Waals surface area contributed by atoms with Crippen molar-refractivity contribution in [3.8, 4) is 0 Å². The molecule has 0 atom stereocenters. The molecule has 0 aromatic heterocycles. The minimum absolute atomic E-state index is 0.0972. The lowest BCUT2D eigenvalue weighted by atomic mass is 9.92. The summed E-state index contributed by atoms with van der Waals surface area (Å²) in [6, 6.07) is 14.5. The van der Waals surface area contributed by atoms with Crippen molar-refractivity contribution in [1.82, 2.24) is 0 Å². The fourth-order valence-corrected chi connectivity index (χ4v) is 3.48. The molecule has 1 heterocycles. The van der Waals surface area contributed by atoms with E-state index in [9.17, 15) is 19.5 Å². The lowest BCUT2D eigenvalue weighted by Crippen LogP contribution is -2.40. The van der Waals surface area contributed by atoms with E-state index in [2.05, 4.69) is 0 Å². The van der Waals surface area contributed by atoms with Gasteiger partial charge in [0.1, 0.15) is 0 Å². The highest BCUT2D eigenvalue weighted by Gasteiger charge is 2.34. The number of hydrogen-bond acceptors (Lipinski definition) is 5. The predicted octanol–water partition coefficient (Wildman–Crippen LogP) is 2.07. The van der Waals surface area contributed by atoms with Crippen LogP contribution < -0.4 is 14.9 Å². The maximum Gasteiger partial charge on any atom is 0.265 e. The number of rotatable bonds is 3. The molecule has 6 heteroatoms. The number of carbonyl (C=O) groups excluding carboxylic acids is 3. The van der Waals surface area contributed by atoms with E-state index >= 15 is 0 Å². The quantitative estimate of drug-likeness (QED) is 0.669. The van der Waals surface area contributed by atoms with E-state index in [1.165, 1.54) is 24.3 Å². The van der Waals surface area contributed by atoms with Gasteiger partial charge in [0.25, 0.3) is 11.8 Å². The molecule has 0 fully saturated rings. The first kappa shape index (κ1) is 16.8. The van der Waals surface area contributed by atoms with Crippen LogP contribution in [0.25, 0.3) is 10.8 Å². The Labute approximate surface area is 155 Å². The van der Waals surface area contributed by atoms with E-state index in [1.54, 1.807) is 18.2 Å². The third kappa shape index (κ3) is 2.45. The Morgan fingerprint density at radius 2 is 1.59 bits per heavy atom. The van der Waals surface area contributed by atoms with E-state index < -0.39 is 17.8 Å². The van der Waals surface area contributed by atoms with E-state index in [-0.39, 0.29) is 11.3 Å². The maximum absolute atomic E-state index is 13.1. The van der Waals surface area contributed by atoms with E-state index in [0.717, 1.165) is 16.0 Å². The lowest BCUT2D eigenvalue weighted by Gasteiger charge is -2.29. The number of benzene rings is 3. The highest BCUT2D eigenvalue weighted by molar-refractivity contribution is 6.36. The van der Waals surface area contributed by atoms with Crippen LogP contribution in [0.2, 0.25) is 0 Å². The topological polar surface area (TPSA) is 80.8 Å². The molecule has 0 aliphatic carbocycles. The van der Waals surface area contributed by atoms with Crippen molar-refractivity contribution < 1.29 is 19.5 Å². The van der Waals surface area contributed by atoms with Gasteiger partial charge in [0.15, 0.2) is 0 Å². The normalized spacial score (nSPS) is 13.2. The van der Waals surface area contributed by atoms with Gasteiger partial charge < -0.3 is 14.8 Å². The number of carboxylic acid groups (broad SMARTS) is 1. The van der Waals surface area contributed by atoms with E-state index in [0.29, 0.717) is 16.5 Å². The van der Waals surface area contributed by atoms with Crippen LogP contribution in [-0.4, -0.2) is 31.9 Å². The smallest absolute Gasteiger partial charge is 0.265 e. The highest BCUT2D eigenvalue weighted by atomic mass is 16.4. The Balaban J connectivity index is 1.95. The highest BCUT2D eigenvalue weighted by Crippen LogP contribution is 2.37. The number of amides is 2. The minimum atomic E-state index is -1.37. The number of anilines is 2. The van der Waals surface area contributed by atoms with Crippen molar-refractivity contribution in [1.29, 1.82) is 0 Å². The molecule has 3 aromatic carbocycles. The number of carboxylic acids is 1. The van der Waals surface area contributed by atoms with Gasteiger partial charge in [0.2, 0.25) is 0 Å². The molecule has 0 saturated carbocycles. The average Bonchev–Trinajstić information content (AvgIpc) is 2.65. The Morgan fingerprint density at radius 3 is 2.26 bits per heavy atom. The Hall–Kier alpha value is -3.67. The molecule has 2 amide bonds. The summed E-state index contributed by atoms with van der Waals surface area (Å²) in [6.45, 7) is 0. The molecule has 1 aliphatic rings. The first-order valence-electron chi connectivity index (χ1n) is 8.33. The number of imide groups is 1. The summed E-state index contributed by atoms with van der Waals surface area (Å²) in [5.74, 6) is -2.33. The lowest BCUT2D eigenvalue weighted by molar-refractivity contribution is -0.255. The molecule has 6 nitrogen and oxygen atoms in total. The molecular weight excluding hydrogens is 344 g/mol. The van der Waals surface area contributed by atoms with Gasteiger partial charge in [-0.05, 0) is 35.9 Å². The Bertz CT molecular complexity index is 1110. The molecule has 0 spiro atoms. The van der Waals surface area contributed by atoms with Gasteiger partial charge in [-0.25, -0.2) is 4.90 Å². The van der Waals surface area contributed by atoms with Crippen LogP contribution in [0, 0.1) is 0 Å². The van der Waals surface area contributed by atoms with Crippen LogP contribution in [0.5, 0.6) is 0 Å². The van der Waals surface area contributed by atoms with Gasteiger partial charge >= 0.3 is 0 Å². The molecular formula is C21H15N2O4-. The molecule has 0 radical (unpaired) electrons. The van der Waals surface area contributed by atoms with Crippen molar-refractivity contribution >= 4 is 39.9 Å². The predicted molar refractivity (Wildman–Crippen MR) is 100 cm³/mol. The van der Waals surface area contributed by atoms with Gasteiger partial charge in [-0.1, -0.05) is 24.3 Å². The van der Waals surface area contributed by atoms with E-state index in [1.807, 2.05) is 31.1 Å². The molecule has 1 aliphatic heterocycles. The van der Waals surface area contributed by atoms with Crippen molar-refractivity contribution in [3.05, 3.63) is 71.3 Å². The SMILES string of the molecule is CN(C)c1ccc2c3c(cccc13)C(=O)N(c1cccc(C(=O)[O-])c1)C2=O. The number of hydrogen-bond donors (Lipinski definition) is 0. The molecule has 134 valence electrons. The molecule has 4 rings (SSSR count). The summed E-state index contributed by atoms with van der Waals surface area (Å²) in [6.07, 6.45) is 0. The van der Waals surface area contributed by atoms with Crippen molar-refractivity contribution in [2.75, 3.05) is 23.9 Å². The Morgan fingerprint density at radius 1 is 0.926 bits per heavy atom. The van der Waals surface area contributed by atoms with Crippen molar-refractivity contribution in [2.24, 2.45) is 0 Å². The first-order chi connectivity index (χ1) is 12.9. The van der Waals surface area contributed by atoms with Crippen LogP contribution in [0.15, 0.2) is 54.6 Å². The largest absolute Gasteiger partial charge is 0.545 e. The van der Waals surface area contributed by atoms with E-state index in [4.69, 9.17) is 0 Å². The van der Waals surface area contributed by atoms with Crippen molar-refractivity contribution in [2.45, 2.75) is 0 Å². The third-order valence-corrected chi connectivity index (χ3v) is 4.71. The summed E-state index contributed by atoms with van der Waals surface area (Å²) < 4.78 is 0. The van der Waals surface area contributed by atoms with Crippen LogP contribution in [0.4, 0.5) is 11.4 Å². The standard InChI is InChI=1S/C21H16N2O4/c1-22(2)17-10-9-16-18-14(17)7-4-8-15(18)19(24)23(20(16)25)13-6-3-5-12(11-13)21(26)27/h3-11H,1-2H3,(H,26,27)/p-1. The average molecular weight is 359 g/mol. The van der Waals surface area contributed by atoms with Crippen LogP contribution in [0.1, 0.15) is 31.1 Å². The number of nitrogens with zero attached hydrogens (tertiary/aromatic N) is 2. The molecule has 27 heavy (non-hydrogen) atoms. The fourth-order valence-electron chi connectivity index (χ4n) is 3.48. The zero-order valence-electron chi connectivity index (χ0n) is 14.7. The van der Waals surface area contributed by atoms with Crippen LogP contribution in [-0.2, 0) is 0 Å². The summed E-state index contributed by atoms with van der Waals surface area (Å²) in [5.41, 5.74) is 1.82. The zero-order valence-corrected chi connectivity index (χ0v) is 14.7. The third-order valence-electron chi connectivity index (χ3n) is 4.71. The zero-order chi connectivity index (χ0) is 19.3. The summed E-state index contributed by atoms with van der Waals surface area (Å²) >= 11 is 0. The van der Waals surface area contributed by atoms with Gasteiger partial charge in [0, 0.05) is 41.7 Å². The van der Waals surface area contributed by atoms with Crippen LogP contribution in [0.3, 0.4) is 0 Å². The molecule has 0 bridgehead atoms. The van der Waals surface area contributed by atoms with Gasteiger partial charge in [0.05, 0.1) is 11.7 Å². The fraction of sp³-hybridized carbons (Fsp3) is 0.0952. The molecule has 0 unspecified atom stereocenters. The molecule has 0 N–H and O–H groups in total.